The van der Waals surface area contributed by atoms with E-state index < -0.39 is 0 Å². The van der Waals surface area contributed by atoms with E-state index in [-0.39, 0.29) is 0 Å². The number of nitrogens with one attached hydrogen (secondary N) is 1. The Labute approximate surface area is 73.1 Å². The fourth-order valence-corrected chi connectivity index (χ4v) is 2.09. The SMILES string of the molecule is O=C1CCCCN1C1CCCN1. The number of piperidine rings is 1. The minimum Gasteiger partial charge on any atom is -0.327 e. The van der Waals surface area contributed by atoms with Gasteiger partial charge in [0, 0.05) is 13.0 Å². The molecule has 0 aromatic rings. The molecule has 0 aliphatic carbocycles. The Kier molecular flexibility index (Phi) is 2.30. The highest BCUT2D eigenvalue weighted by atomic mass is 16.2. The van der Waals surface area contributed by atoms with Crippen molar-refractivity contribution in [3.05, 3.63) is 0 Å². The lowest BCUT2D eigenvalue weighted by Gasteiger charge is -2.32. The third-order valence-corrected chi connectivity index (χ3v) is 2.77. The van der Waals surface area contributed by atoms with E-state index in [0.717, 1.165) is 32.4 Å². The van der Waals surface area contributed by atoms with Gasteiger partial charge < -0.3 is 4.90 Å². The normalized spacial score (nSPS) is 31.2. The molecule has 1 N–H and O–H groups in total. The predicted molar refractivity (Wildman–Crippen MR) is 46.6 cm³/mol. The zero-order valence-electron chi connectivity index (χ0n) is 7.38. The van der Waals surface area contributed by atoms with Gasteiger partial charge in [-0.25, -0.2) is 0 Å². The van der Waals surface area contributed by atoms with Crippen LogP contribution in [0.1, 0.15) is 32.1 Å². The molecule has 68 valence electrons. The van der Waals surface area contributed by atoms with E-state index in [2.05, 4.69) is 5.32 Å². The van der Waals surface area contributed by atoms with Crippen molar-refractivity contribution in [3.8, 4) is 0 Å². The summed E-state index contributed by atoms with van der Waals surface area (Å²) in [6.07, 6.45) is 5.75. The lowest BCUT2D eigenvalue weighted by atomic mass is 10.1. The molecule has 0 radical (unpaired) electrons. The fraction of sp³-hybridized carbons (Fsp3) is 0.889. The highest BCUT2D eigenvalue weighted by Gasteiger charge is 2.27. The first-order valence-electron chi connectivity index (χ1n) is 4.91. The lowest BCUT2D eigenvalue weighted by Crippen LogP contribution is -2.47. The first kappa shape index (κ1) is 8.05. The van der Waals surface area contributed by atoms with E-state index in [1.807, 2.05) is 4.90 Å². The molecular weight excluding hydrogens is 152 g/mol. The summed E-state index contributed by atoms with van der Waals surface area (Å²) >= 11 is 0. The minimum absolute atomic E-state index is 0.348. The van der Waals surface area contributed by atoms with Crippen LogP contribution in [0.25, 0.3) is 0 Å². The maximum Gasteiger partial charge on any atom is 0.223 e. The van der Waals surface area contributed by atoms with Gasteiger partial charge in [0.05, 0.1) is 6.17 Å². The molecule has 2 aliphatic rings. The van der Waals surface area contributed by atoms with Gasteiger partial charge in [0.25, 0.3) is 0 Å². The van der Waals surface area contributed by atoms with E-state index in [1.54, 1.807) is 0 Å². The zero-order chi connectivity index (χ0) is 8.39. The van der Waals surface area contributed by atoms with E-state index in [0.29, 0.717) is 12.1 Å². The van der Waals surface area contributed by atoms with E-state index >= 15 is 0 Å². The number of carbonyl (C=O) groups excluding carboxylic acids is 1. The zero-order valence-corrected chi connectivity index (χ0v) is 7.38. The van der Waals surface area contributed by atoms with Gasteiger partial charge in [-0.3, -0.25) is 10.1 Å². The van der Waals surface area contributed by atoms with Crippen LogP contribution >= 0.6 is 0 Å². The third-order valence-electron chi connectivity index (χ3n) is 2.77. The highest BCUT2D eigenvalue weighted by molar-refractivity contribution is 5.77. The number of hydrogen-bond acceptors (Lipinski definition) is 2. The van der Waals surface area contributed by atoms with Crippen LogP contribution in [-0.2, 0) is 4.79 Å². The Morgan fingerprint density at radius 2 is 2.25 bits per heavy atom. The maximum absolute atomic E-state index is 11.5. The highest BCUT2D eigenvalue weighted by Crippen LogP contribution is 2.17. The Balaban J connectivity index is 1.95. The van der Waals surface area contributed by atoms with Gasteiger partial charge in [0.1, 0.15) is 0 Å². The van der Waals surface area contributed by atoms with Gasteiger partial charge in [-0.2, -0.15) is 0 Å². The second-order valence-electron chi connectivity index (χ2n) is 3.66. The molecule has 1 unspecified atom stereocenters. The molecular formula is C9H16N2O. The van der Waals surface area contributed by atoms with Gasteiger partial charge in [0.15, 0.2) is 0 Å². The number of amides is 1. The van der Waals surface area contributed by atoms with Crippen LogP contribution in [-0.4, -0.2) is 30.1 Å². The summed E-state index contributed by atoms with van der Waals surface area (Å²) in [6.45, 7) is 2.05. The van der Waals surface area contributed by atoms with E-state index in [4.69, 9.17) is 0 Å². The topological polar surface area (TPSA) is 32.3 Å². The van der Waals surface area contributed by atoms with Crippen LogP contribution in [0.5, 0.6) is 0 Å². The van der Waals surface area contributed by atoms with Crippen molar-refractivity contribution in [1.29, 1.82) is 0 Å². The number of carbonyl (C=O) groups is 1. The molecule has 0 aromatic heterocycles. The predicted octanol–water partition coefficient (Wildman–Crippen LogP) is 0.708. The summed E-state index contributed by atoms with van der Waals surface area (Å²) < 4.78 is 0. The van der Waals surface area contributed by atoms with Crippen LogP contribution in [0.15, 0.2) is 0 Å². The Bertz CT molecular complexity index is 175. The van der Waals surface area contributed by atoms with Gasteiger partial charge in [0.2, 0.25) is 5.91 Å². The fourth-order valence-electron chi connectivity index (χ4n) is 2.09. The van der Waals surface area contributed by atoms with Crippen LogP contribution in [0.4, 0.5) is 0 Å². The van der Waals surface area contributed by atoms with Gasteiger partial charge >= 0.3 is 0 Å². The number of likely N-dealkylation sites (tertiary alicyclic amines) is 1. The van der Waals surface area contributed by atoms with Crippen molar-refractivity contribution in [2.24, 2.45) is 0 Å². The van der Waals surface area contributed by atoms with Crippen LogP contribution in [0.2, 0.25) is 0 Å². The van der Waals surface area contributed by atoms with Gasteiger partial charge in [-0.05, 0) is 32.2 Å². The quantitative estimate of drug-likeness (QED) is 0.625. The number of nitrogens with zero attached hydrogens (tertiary/aromatic N) is 1. The molecule has 0 bridgehead atoms. The second-order valence-corrected chi connectivity index (χ2v) is 3.66. The summed E-state index contributed by atoms with van der Waals surface area (Å²) in [5.41, 5.74) is 0. The Morgan fingerprint density at radius 1 is 1.33 bits per heavy atom. The summed E-state index contributed by atoms with van der Waals surface area (Å²) in [5.74, 6) is 0.348. The molecule has 2 heterocycles. The number of rotatable bonds is 1. The van der Waals surface area contributed by atoms with Crippen molar-refractivity contribution in [1.82, 2.24) is 10.2 Å². The summed E-state index contributed by atoms with van der Waals surface area (Å²) in [5, 5.41) is 3.36. The van der Waals surface area contributed by atoms with Crippen LogP contribution in [0, 0.1) is 0 Å². The standard InChI is InChI=1S/C9H16N2O/c12-9-5-1-2-7-11(9)8-4-3-6-10-8/h8,10H,1-7H2. The Morgan fingerprint density at radius 3 is 2.92 bits per heavy atom. The van der Waals surface area contributed by atoms with Crippen molar-refractivity contribution >= 4 is 5.91 Å². The van der Waals surface area contributed by atoms with Crippen LogP contribution in [0.3, 0.4) is 0 Å². The van der Waals surface area contributed by atoms with Crippen molar-refractivity contribution in [2.75, 3.05) is 13.1 Å². The van der Waals surface area contributed by atoms with Crippen molar-refractivity contribution in [3.63, 3.8) is 0 Å². The van der Waals surface area contributed by atoms with E-state index in [9.17, 15) is 4.79 Å². The van der Waals surface area contributed by atoms with Crippen molar-refractivity contribution in [2.45, 2.75) is 38.3 Å². The maximum atomic E-state index is 11.5. The molecule has 3 heteroatoms. The molecule has 2 aliphatic heterocycles. The third kappa shape index (κ3) is 1.46. The molecule has 12 heavy (non-hydrogen) atoms. The van der Waals surface area contributed by atoms with Gasteiger partial charge in [-0.15, -0.1) is 0 Å². The number of hydrogen-bond donors (Lipinski definition) is 1. The smallest absolute Gasteiger partial charge is 0.223 e. The van der Waals surface area contributed by atoms with Gasteiger partial charge in [-0.1, -0.05) is 0 Å². The Hall–Kier alpha value is -0.570. The molecule has 3 nitrogen and oxygen atoms in total. The first-order chi connectivity index (χ1) is 5.88. The summed E-state index contributed by atoms with van der Waals surface area (Å²) in [7, 11) is 0. The molecule has 0 saturated carbocycles. The molecule has 2 rings (SSSR count). The largest absolute Gasteiger partial charge is 0.327 e. The second kappa shape index (κ2) is 3.44. The average molecular weight is 168 g/mol. The van der Waals surface area contributed by atoms with E-state index in [1.165, 1.54) is 12.8 Å². The molecule has 0 spiro atoms. The lowest BCUT2D eigenvalue weighted by molar-refractivity contribution is -0.136. The van der Waals surface area contributed by atoms with Crippen LogP contribution < -0.4 is 5.32 Å². The molecule has 1 atom stereocenters. The summed E-state index contributed by atoms with van der Waals surface area (Å²) in [6, 6.07) is 0. The molecule has 0 aromatic carbocycles. The first-order valence-corrected chi connectivity index (χ1v) is 4.91. The average Bonchev–Trinajstić information content (AvgIpc) is 2.57. The van der Waals surface area contributed by atoms with Crippen molar-refractivity contribution < 1.29 is 4.79 Å². The summed E-state index contributed by atoms with van der Waals surface area (Å²) in [4.78, 5) is 13.5. The minimum atomic E-state index is 0.348. The molecule has 1 amide bonds. The monoisotopic (exact) mass is 168 g/mol. The molecule has 2 saturated heterocycles. The molecule has 2 fully saturated rings.